The molecule has 0 fully saturated rings. The van der Waals surface area contributed by atoms with Gasteiger partial charge in [-0.25, -0.2) is 4.79 Å². The summed E-state index contributed by atoms with van der Waals surface area (Å²) in [6, 6.07) is 26.4. The number of nitriles is 1. The molecule has 0 aliphatic heterocycles. The highest BCUT2D eigenvalue weighted by Gasteiger charge is 2.24. The Morgan fingerprint density at radius 3 is 2.50 bits per heavy atom. The van der Waals surface area contributed by atoms with Crippen molar-refractivity contribution in [3.8, 4) is 23.0 Å². The van der Waals surface area contributed by atoms with Crippen LogP contribution in [0, 0.1) is 18.3 Å². The zero-order valence-electron chi connectivity index (χ0n) is 19.7. The molecule has 0 aliphatic rings. The molecule has 0 radical (unpaired) electrons. The van der Waals surface area contributed by atoms with Gasteiger partial charge in [-0.3, -0.25) is 9.55 Å². The van der Waals surface area contributed by atoms with E-state index in [0.717, 1.165) is 49.9 Å². The van der Waals surface area contributed by atoms with Crippen LogP contribution in [0.3, 0.4) is 0 Å². The topological polar surface area (TPSA) is 108 Å². The van der Waals surface area contributed by atoms with Crippen LogP contribution in [0.2, 0.25) is 0 Å². The van der Waals surface area contributed by atoms with Gasteiger partial charge in [0.05, 0.1) is 11.4 Å². The molecule has 0 amide bonds. The molecule has 4 N–H and O–H groups in total. The molecule has 0 unspecified atom stereocenters. The van der Waals surface area contributed by atoms with Gasteiger partial charge in [-0.1, -0.05) is 60.7 Å². The van der Waals surface area contributed by atoms with E-state index in [1.165, 1.54) is 0 Å². The second kappa shape index (κ2) is 8.45. The Morgan fingerprint density at radius 2 is 1.69 bits per heavy atom. The van der Waals surface area contributed by atoms with Crippen LogP contribution in [0.1, 0.15) is 22.5 Å². The van der Waals surface area contributed by atoms with E-state index >= 15 is 0 Å². The number of H-pyrrole nitrogens is 2. The zero-order valence-corrected chi connectivity index (χ0v) is 19.7. The Bertz CT molecular complexity index is 1860. The van der Waals surface area contributed by atoms with Gasteiger partial charge < -0.3 is 15.3 Å². The molecular weight excluding hydrogens is 448 g/mol. The summed E-state index contributed by atoms with van der Waals surface area (Å²) in [4.78, 5) is 19.5. The van der Waals surface area contributed by atoms with E-state index in [4.69, 9.17) is 5.73 Å². The highest BCUT2D eigenvalue weighted by molar-refractivity contribution is 5.98. The summed E-state index contributed by atoms with van der Waals surface area (Å²) in [5.74, 6) is 0. The van der Waals surface area contributed by atoms with Gasteiger partial charge >= 0.3 is 5.69 Å². The molecule has 3 aromatic carbocycles. The maximum absolute atomic E-state index is 13.3. The van der Waals surface area contributed by atoms with Gasteiger partial charge in [0, 0.05) is 52.3 Å². The number of imidazole rings is 1. The summed E-state index contributed by atoms with van der Waals surface area (Å²) in [5, 5.41) is 11.9. The molecule has 6 rings (SSSR count). The number of hydrogen-bond acceptors (Lipinski definition) is 3. The van der Waals surface area contributed by atoms with Crippen molar-refractivity contribution in [3.63, 3.8) is 0 Å². The Labute approximate surface area is 207 Å². The third-order valence-corrected chi connectivity index (χ3v) is 6.71. The summed E-state index contributed by atoms with van der Waals surface area (Å²) in [7, 11) is 0. The van der Waals surface area contributed by atoms with Crippen molar-refractivity contribution >= 4 is 21.8 Å². The van der Waals surface area contributed by atoms with Crippen LogP contribution in [0.25, 0.3) is 38.8 Å². The molecule has 3 aromatic heterocycles. The number of hydrogen-bond donors (Lipinski definition) is 3. The minimum Gasteiger partial charge on any atom is -0.357 e. The van der Waals surface area contributed by atoms with E-state index in [-0.39, 0.29) is 11.4 Å². The van der Waals surface area contributed by atoms with Crippen molar-refractivity contribution in [2.24, 2.45) is 5.73 Å². The molecule has 0 saturated heterocycles. The Kier molecular flexibility index (Phi) is 5.10. The quantitative estimate of drug-likeness (QED) is 0.330. The van der Waals surface area contributed by atoms with E-state index in [1.54, 1.807) is 4.57 Å². The lowest BCUT2D eigenvalue weighted by molar-refractivity contribution is 0.834. The lowest BCUT2D eigenvalue weighted by atomic mass is 10.1. The predicted molar refractivity (Wildman–Crippen MR) is 142 cm³/mol. The van der Waals surface area contributed by atoms with Gasteiger partial charge in [-0.05, 0) is 30.2 Å². The molecule has 0 spiro atoms. The van der Waals surface area contributed by atoms with Gasteiger partial charge in [-0.2, -0.15) is 5.26 Å². The SMILES string of the molecule is Cc1[nH]c2ccccc2c1-n1c(-c2cn(Cc3cccc(CN)c3)c3ccccc23)c(C#N)[nH]c1=O. The Morgan fingerprint density at radius 1 is 0.944 bits per heavy atom. The van der Waals surface area contributed by atoms with E-state index in [2.05, 4.69) is 38.8 Å². The van der Waals surface area contributed by atoms with E-state index in [0.29, 0.717) is 18.8 Å². The summed E-state index contributed by atoms with van der Waals surface area (Å²) in [5.41, 5.74) is 12.9. The van der Waals surface area contributed by atoms with Crippen molar-refractivity contribution in [1.29, 1.82) is 5.26 Å². The van der Waals surface area contributed by atoms with Gasteiger partial charge in [0.15, 0.2) is 0 Å². The average Bonchev–Trinajstić information content (AvgIpc) is 3.53. The third kappa shape index (κ3) is 3.35. The minimum atomic E-state index is -0.345. The molecular formula is C29H24N6O. The Hall–Kier alpha value is -4.80. The number of nitrogens with one attached hydrogen (secondary N) is 2. The van der Waals surface area contributed by atoms with Crippen LogP contribution in [-0.4, -0.2) is 19.1 Å². The largest absolute Gasteiger partial charge is 0.357 e. The molecule has 36 heavy (non-hydrogen) atoms. The maximum Gasteiger partial charge on any atom is 0.331 e. The van der Waals surface area contributed by atoms with Gasteiger partial charge in [0.2, 0.25) is 0 Å². The van der Waals surface area contributed by atoms with Crippen molar-refractivity contribution in [1.82, 2.24) is 19.1 Å². The van der Waals surface area contributed by atoms with Gasteiger partial charge in [0.25, 0.3) is 0 Å². The van der Waals surface area contributed by atoms with E-state index in [9.17, 15) is 10.1 Å². The molecule has 0 atom stereocenters. The zero-order chi connectivity index (χ0) is 24.8. The summed E-state index contributed by atoms with van der Waals surface area (Å²) in [6.45, 7) is 3.06. The number of aromatic amines is 2. The van der Waals surface area contributed by atoms with Crippen LogP contribution in [0.15, 0.2) is 83.8 Å². The average molecular weight is 473 g/mol. The molecule has 3 heterocycles. The number of nitrogens with zero attached hydrogens (tertiary/aromatic N) is 3. The molecule has 7 nitrogen and oxygen atoms in total. The van der Waals surface area contributed by atoms with Gasteiger partial charge in [0.1, 0.15) is 11.8 Å². The summed E-state index contributed by atoms with van der Waals surface area (Å²) in [6.07, 6.45) is 2.03. The lowest BCUT2D eigenvalue weighted by Crippen LogP contribution is -2.16. The maximum atomic E-state index is 13.3. The first-order chi connectivity index (χ1) is 17.6. The van der Waals surface area contributed by atoms with E-state index in [1.807, 2.05) is 67.7 Å². The fourth-order valence-corrected chi connectivity index (χ4v) is 5.15. The highest BCUT2D eigenvalue weighted by Crippen LogP contribution is 2.36. The van der Waals surface area contributed by atoms with Crippen molar-refractivity contribution in [2.45, 2.75) is 20.0 Å². The van der Waals surface area contributed by atoms with Crippen LogP contribution in [0.4, 0.5) is 0 Å². The first kappa shape index (κ1) is 21.7. The Balaban J connectivity index is 1.61. The fourth-order valence-electron chi connectivity index (χ4n) is 5.15. The van der Waals surface area contributed by atoms with Gasteiger partial charge in [-0.15, -0.1) is 0 Å². The van der Waals surface area contributed by atoms with Crippen LogP contribution >= 0.6 is 0 Å². The van der Waals surface area contributed by atoms with Crippen LogP contribution < -0.4 is 11.4 Å². The molecule has 6 aromatic rings. The monoisotopic (exact) mass is 472 g/mol. The fraction of sp³-hybridized carbons (Fsp3) is 0.103. The normalized spacial score (nSPS) is 11.4. The number of benzene rings is 3. The molecule has 7 heteroatoms. The number of rotatable bonds is 5. The molecule has 0 aliphatic carbocycles. The number of para-hydroxylation sites is 2. The van der Waals surface area contributed by atoms with Crippen LogP contribution in [-0.2, 0) is 13.1 Å². The predicted octanol–water partition coefficient (Wildman–Crippen LogP) is 4.96. The molecule has 0 bridgehead atoms. The lowest BCUT2D eigenvalue weighted by Gasteiger charge is -2.08. The third-order valence-electron chi connectivity index (χ3n) is 6.71. The first-order valence-corrected chi connectivity index (χ1v) is 11.8. The molecule has 176 valence electrons. The van der Waals surface area contributed by atoms with Crippen molar-refractivity contribution in [2.75, 3.05) is 0 Å². The van der Waals surface area contributed by atoms with Crippen molar-refractivity contribution < 1.29 is 0 Å². The number of aryl methyl sites for hydroxylation is 1. The highest BCUT2D eigenvalue weighted by atomic mass is 16.1. The summed E-state index contributed by atoms with van der Waals surface area (Å²) < 4.78 is 3.79. The number of nitrogens with two attached hydrogens (primary N) is 1. The smallest absolute Gasteiger partial charge is 0.331 e. The van der Waals surface area contributed by atoms with Crippen molar-refractivity contribution in [3.05, 3.63) is 112 Å². The van der Waals surface area contributed by atoms with E-state index < -0.39 is 0 Å². The molecule has 0 saturated carbocycles. The number of fused-ring (bicyclic) bond motifs is 2. The van der Waals surface area contributed by atoms with Crippen LogP contribution in [0.5, 0.6) is 0 Å². The number of aromatic nitrogens is 4. The second-order valence-corrected chi connectivity index (χ2v) is 8.96. The first-order valence-electron chi connectivity index (χ1n) is 11.8. The summed E-state index contributed by atoms with van der Waals surface area (Å²) >= 11 is 0. The second-order valence-electron chi connectivity index (χ2n) is 8.96. The standard InChI is InChI=1S/C29H24N6O/c1-18-27(22-10-2-4-11-24(22)32-18)35-28(25(15-31)33-29(35)36)23-17-34(26-12-5-3-9-21(23)26)16-20-8-6-7-19(13-20)14-30/h2-13,17,32H,14,16,30H2,1H3,(H,33,36). The minimum absolute atomic E-state index is 0.234.